The van der Waals surface area contributed by atoms with Gasteiger partial charge in [-0.15, -0.1) is 0 Å². The van der Waals surface area contributed by atoms with E-state index in [9.17, 15) is 5.11 Å². The van der Waals surface area contributed by atoms with Crippen LogP contribution in [0, 0.1) is 0 Å². The number of rotatable bonds is 1. The largest absolute Gasteiger partial charge is 0.393 e. The predicted octanol–water partition coefficient (Wildman–Crippen LogP) is -3.22. The van der Waals surface area contributed by atoms with E-state index in [0.717, 1.165) is 0 Å². The Hall–Kier alpha value is -0.240. The average molecular weight is 180 g/mol. The second kappa shape index (κ2) is 3.25. The van der Waals surface area contributed by atoms with Gasteiger partial charge in [0.05, 0.1) is 13.2 Å². The fourth-order valence-electron chi connectivity index (χ4n) is 1.08. The SMILES string of the molecule is OC[C@]1(O)C(O)OC[C@H](O)[C@@H]1O. The van der Waals surface area contributed by atoms with Gasteiger partial charge in [0, 0.05) is 0 Å². The summed E-state index contributed by atoms with van der Waals surface area (Å²) in [6, 6.07) is 0. The molecule has 4 atom stereocenters. The summed E-state index contributed by atoms with van der Waals surface area (Å²) in [4.78, 5) is 0. The maximum absolute atomic E-state index is 9.35. The van der Waals surface area contributed by atoms with Gasteiger partial charge < -0.3 is 30.3 Å². The molecule has 0 amide bonds. The van der Waals surface area contributed by atoms with Crippen LogP contribution in [0.5, 0.6) is 0 Å². The highest BCUT2D eigenvalue weighted by atomic mass is 16.6. The van der Waals surface area contributed by atoms with Gasteiger partial charge in [0.1, 0.15) is 12.2 Å². The smallest absolute Gasteiger partial charge is 0.188 e. The average Bonchev–Trinajstić information content (AvgIpc) is 2.08. The third-order valence-corrected chi connectivity index (χ3v) is 1.98. The van der Waals surface area contributed by atoms with Crippen molar-refractivity contribution in [1.29, 1.82) is 0 Å². The van der Waals surface area contributed by atoms with Crippen LogP contribution < -0.4 is 0 Å². The summed E-state index contributed by atoms with van der Waals surface area (Å²) >= 11 is 0. The molecule has 1 aliphatic heterocycles. The van der Waals surface area contributed by atoms with Crippen LogP contribution >= 0.6 is 0 Å². The van der Waals surface area contributed by atoms with E-state index in [0.29, 0.717) is 0 Å². The first-order valence-electron chi connectivity index (χ1n) is 3.51. The van der Waals surface area contributed by atoms with Crippen LogP contribution in [-0.2, 0) is 4.74 Å². The molecular weight excluding hydrogens is 168 g/mol. The lowest BCUT2D eigenvalue weighted by Gasteiger charge is -2.41. The molecule has 0 bridgehead atoms. The van der Waals surface area contributed by atoms with Gasteiger partial charge in [-0.25, -0.2) is 0 Å². The van der Waals surface area contributed by atoms with E-state index in [4.69, 9.17) is 20.4 Å². The molecule has 6 heteroatoms. The van der Waals surface area contributed by atoms with Crippen molar-refractivity contribution in [2.75, 3.05) is 13.2 Å². The van der Waals surface area contributed by atoms with Gasteiger partial charge in [-0.05, 0) is 0 Å². The Labute approximate surface area is 68.6 Å². The first-order chi connectivity index (χ1) is 5.52. The van der Waals surface area contributed by atoms with Crippen molar-refractivity contribution in [3.8, 4) is 0 Å². The minimum atomic E-state index is -2.20. The number of hydrogen-bond acceptors (Lipinski definition) is 6. The van der Waals surface area contributed by atoms with Gasteiger partial charge in [0.15, 0.2) is 11.9 Å². The van der Waals surface area contributed by atoms with Crippen molar-refractivity contribution >= 4 is 0 Å². The van der Waals surface area contributed by atoms with E-state index in [1.165, 1.54) is 0 Å². The molecule has 12 heavy (non-hydrogen) atoms. The number of ether oxygens (including phenoxy) is 1. The number of aliphatic hydroxyl groups excluding tert-OH is 4. The summed E-state index contributed by atoms with van der Waals surface area (Å²) < 4.78 is 4.50. The molecule has 6 nitrogen and oxygen atoms in total. The quantitative estimate of drug-likeness (QED) is 0.290. The van der Waals surface area contributed by atoms with Gasteiger partial charge >= 0.3 is 0 Å². The molecule has 1 fully saturated rings. The molecule has 0 aromatic rings. The first kappa shape index (κ1) is 9.85. The zero-order valence-electron chi connectivity index (χ0n) is 6.29. The van der Waals surface area contributed by atoms with Gasteiger partial charge in [0.25, 0.3) is 0 Å². The third-order valence-electron chi connectivity index (χ3n) is 1.98. The summed E-state index contributed by atoms with van der Waals surface area (Å²) in [5.41, 5.74) is -2.20. The highest BCUT2D eigenvalue weighted by Crippen LogP contribution is 2.24. The highest BCUT2D eigenvalue weighted by molar-refractivity contribution is 4.95. The molecule has 1 saturated heterocycles. The topological polar surface area (TPSA) is 110 Å². The summed E-state index contributed by atoms with van der Waals surface area (Å²) in [6.07, 6.45) is -4.59. The Morgan fingerprint density at radius 2 is 1.92 bits per heavy atom. The summed E-state index contributed by atoms with van der Waals surface area (Å²) in [5, 5.41) is 45.2. The van der Waals surface area contributed by atoms with Crippen molar-refractivity contribution in [3.05, 3.63) is 0 Å². The van der Waals surface area contributed by atoms with E-state index >= 15 is 0 Å². The standard InChI is InChI=1S/C6H12O6/c7-2-6(11)4(9)3(8)1-12-5(6)10/h3-5,7-11H,1-2H2/t3-,4-,5?,6+/m0/s1. The van der Waals surface area contributed by atoms with Crippen molar-refractivity contribution in [2.24, 2.45) is 0 Å². The van der Waals surface area contributed by atoms with Crippen LogP contribution in [0.4, 0.5) is 0 Å². The maximum atomic E-state index is 9.35. The molecule has 1 aliphatic rings. The van der Waals surface area contributed by atoms with Crippen LogP contribution in [0.15, 0.2) is 0 Å². The molecule has 5 N–H and O–H groups in total. The van der Waals surface area contributed by atoms with Crippen LogP contribution in [-0.4, -0.2) is 62.8 Å². The third kappa shape index (κ3) is 1.33. The van der Waals surface area contributed by atoms with Gasteiger partial charge in [-0.2, -0.15) is 0 Å². The monoisotopic (exact) mass is 180 g/mol. The van der Waals surface area contributed by atoms with E-state index in [1.54, 1.807) is 0 Å². The molecule has 1 heterocycles. The second-order valence-corrected chi connectivity index (χ2v) is 2.85. The lowest BCUT2D eigenvalue weighted by atomic mass is 9.91. The van der Waals surface area contributed by atoms with Crippen molar-refractivity contribution in [2.45, 2.75) is 24.1 Å². The lowest BCUT2D eigenvalue weighted by molar-refractivity contribution is -0.310. The molecule has 0 radical (unpaired) electrons. The Morgan fingerprint density at radius 3 is 2.33 bits per heavy atom. The molecule has 0 spiro atoms. The Morgan fingerprint density at radius 1 is 1.33 bits per heavy atom. The lowest BCUT2D eigenvalue weighted by Crippen LogP contribution is -2.64. The van der Waals surface area contributed by atoms with Crippen LogP contribution in [0.3, 0.4) is 0 Å². The predicted molar refractivity (Wildman–Crippen MR) is 36.0 cm³/mol. The number of hydrogen-bond donors (Lipinski definition) is 5. The minimum absolute atomic E-state index is 0.273. The van der Waals surface area contributed by atoms with Gasteiger partial charge in [-0.3, -0.25) is 0 Å². The molecule has 0 aromatic carbocycles. The Kier molecular flexibility index (Phi) is 2.67. The van der Waals surface area contributed by atoms with E-state index < -0.39 is 30.7 Å². The van der Waals surface area contributed by atoms with Gasteiger partial charge in [-0.1, -0.05) is 0 Å². The van der Waals surface area contributed by atoms with Crippen LogP contribution in [0.2, 0.25) is 0 Å². The molecular formula is C6H12O6. The van der Waals surface area contributed by atoms with E-state index in [1.807, 2.05) is 0 Å². The molecule has 0 aromatic heterocycles. The summed E-state index contributed by atoms with van der Waals surface area (Å²) in [5.74, 6) is 0. The minimum Gasteiger partial charge on any atom is -0.393 e. The van der Waals surface area contributed by atoms with Crippen molar-refractivity contribution in [3.63, 3.8) is 0 Å². The van der Waals surface area contributed by atoms with E-state index in [2.05, 4.69) is 4.74 Å². The van der Waals surface area contributed by atoms with Crippen molar-refractivity contribution in [1.82, 2.24) is 0 Å². The van der Waals surface area contributed by atoms with E-state index in [-0.39, 0.29) is 6.61 Å². The summed E-state index contributed by atoms with van der Waals surface area (Å²) in [6.45, 7) is -1.16. The highest BCUT2D eigenvalue weighted by Gasteiger charge is 2.50. The molecule has 1 unspecified atom stereocenters. The molecule has 0 saturated carbocycles. The fraction of sp³-hybridized carbons (Fsp3) is 1.00. The second-order valence-electron chi connectivity index (χ2n) is 2.85. The normalized spacial score (nSPS) is 49.2. The van der Waals surface area contributed by atoms with Crippen molar-refractivity contribution < 1.29 is 30.3 Å². The zero-order valence-corrected chi connectivity index (χ0v) is 6.29. The first-order valence-corrected chi connectivity index (χ1v) is 3.51. The maximum Gasteiger partial charge on any atom is 0.188 e. The fourth-order valence-corrected chi connectivity index (χ4v) is 1.08. The van der Waals surface area contributed by atoms with Crippen LogP contribution in [0.1, 0.15) is 0 Å². The molecule has 72 valence electrons. The zero-order chi connectivity index (χ0) is 9.35. The summed E-state index contributed by atoms with van der Waals surface area (Å²) in [7, 11) is 0. The molecule has 0 aliphatic carbocycles. The van der Waals surface area contributed by atoms with Crippen LogP contribution in [0.25, 0.3) is 0 Å². The molecule has 1 rings (SSSR count). The Bertz CT molecular complexity index is 162. The van der Waals surface area contributed by atoms with Gasteiger partial charge in [0.2, 0.25) is 0 Å². The number of aliphatic hydroxyl groups is 5. The Balaban J connectivity index is 2.78.